The predicted molar refractivity (Wildman–Crippen MR) is 82.8 cm³/mol. The molecular formula is C14H19NO2S2. The van der Waals surface area contributed by atoms with Crippen molar-refractivity contribution >= 4 is 29.0 Å². The van der Waals surface area contributed by atoms with Crippen LogP contribution in [0.5, 0.6) is 0 Å². The van der Waals surface area contributed by atoms with E-state index in [1.165, 1.54) is 11.3 Å². The lowest BCUT2D eigenvalue weighted by Gasteiger charge is -2.24. The molecule has 1 unspecified atom stereocenters. The lowest BCUT2D eigenvalue weighted by Crippen LogP contribution is -2.35. The van der Waals surface area contributed by atoms with Gasteiger partial charge in [0.15, 0.2) is 0 Å². The molecule has 0 bridgehead atoms. The van der Waals surface area contributed by atoms with Crippen LogP contribution < -0.4 is 0 Å². The standard InChI is InChI=1S/C14H19NO2S2/c1-11(8-10-18-3)15(2)14(17)13-7-6-12(19-13)5-4-9-16/h6-7,11,16H,8-10H2,1-3H3. The van der Waals surface area contributed by atoms with Crippen molar-refractivity contribution in [2.24, 2.45) is 0 Å². The summed E-state index contributed by atoms with van der Waals surface area (Å²) in [5.74, 6) is 6.49. The van der Waals surface area contributed by atoms with Gasteiger partial charge in [-0.15, -0.1) is 11.3 Å². The third-order valence-corrected chi connectivity index (χ3v) is 4.46. The normalized spacial score (nSPS) is 11.6. The summed E-state index contributed by atoms with van der Waals surface area (Å²) in [5, 5.41) is 8.64. The number of rotatable bonds is 5. The van der Waals surface area contributed by atoms with Gasteiger partial charge in [0.2, 0.25) is 0 Å². The van der Waals surface area contributed by atoms with Crippen LogP contribution in [0, 0.1) is 11.8 Å². The van der Waals surface area contributed by atoms with Crippen LogP contribution in [0.4, 0.5) is 0 Å². The van der Waals surface area contributed by atoms with Crippen LogP contribution >= 0.6 is 23.1 Å². The first-order valence-corrected chi connectivity index (χ1v) is 8.26. The first-order chi connectivity index (χ1) is 9.10. The van der Waals surface area contributed by atoms with Gasteiger partial charge in [0.1, 0.15) is 6.61 Å². The minimum Gasteiger partial charge on any atom is -0.384 e. The van der Waals surface area contributed by atoms with Crippen molar-refractivity contribution in [2.45, 2.75) is 19.4 Å². The van der Waals surface area contributed by atoms with Gasteiger partial charge in [-0.05, 0) is 37.5 Å². The van der Waals surface area contributed by atoms with Gasteiger partial charge in [-0.25, -0.2) is 0 Å². The summed E-state index contributed by atoms with van der Waals surface area (Å²) < 4.78 is 0. The number of carbonyl (C=O) groups excluding carboxylic acids is 1. The highest BCUT2D eigenvalue weighted by Gasteiger charge is 2.18. The molecule has 1 N–H and O–H groups in total. The Morgan fingerprint density at radius 1 is 1.58 bits per heavy atom. The summed E-state index contributed by atoms with van der Waals surface area (Å²) in [6.45, 7) is 1.90. The Bertz CT molecular complexity index is 473. The summed E-state index contributed by atoms with van der Waals surface area (Å²) in [5.41, 5.74) is 0. The zero-order chi connectivity index (χ0) is 14.3. The molecule has 0 radical (unpaired) electrons. The highest BCUT2D eigenvalue weighted by atomic mass is 32.2. The van der Waals surface area contributed by atoms with Crippen LogP contribution in [0.25, 0.3) is 0 Å². The lowest BCUT2D eigenvalue weighted by atomic mass is 10.2. The average molecular weight is 297 g/mol. The Morgan fingerprint density at radius 3 is 2.95 bits per heavy atom. The van der Waals surface area contributed by atoms with E-state index >= 15 is 0 Å². The molecule has 5 heteroatoms. The molecule has 0 aliphatic carbocycles. The van der Waals surface area contributed by atoms with Crippen molar-refractivity contribution in [3.63, 3.8) is 0 Å². The van der Waals surface area contributed by atoms with Crippen molar-refractivity contribution in [1.82, 2.24) is 4.90 Å². The van der Waals surface area contributed by atoms with Crippen molar-refractivity contribution < 1.29 is 9.90 Å². The van der Waals surface area contributed by atoms with Crippen LogP contribution in [0.1, 0.15) is 27.9 Å². The molecule has 19 heavy (non-hydrogen) atoms. The van der Waals surface area contributed by atoms with Gasteiger partial charge in [0.05, 0.1) is 9.75 Å². The van der Waals surface area contributed by atoms with Crippen LogP contribution in [0.2, 0.25) is 0 Å². The fraction of sp³-hybridized carbons (Fsp3) is 0.500. The van der Waals surface area contributed by atoms with E-state index in [0.29, 0.717) is 4.88 Å². The fourth-order valence-corrected chi connectivity index (χ4v) is 2.94. The van der Waals surface area contributed by atoms with Crippen LogP contribution in [0.15, 0.2) is 12.1 Å². The van der Waals surface area contributed by atoms with Gasteiger partial charge in [-0.3, -0.25) is 4.79 Å². The second-order valence-electron chi connectivity index (χ2n) is 4.17. The lowest BCUT2D eigenvalue weighted by molar-refractivity contribution is 0.0746. The van der Waals surface area contributed by atoms with E-state index in [4.69, 9.17) is 5.11 Å². The number of nitrogens with zero attached hydrogens (tertiary/aromatic N) is 1. The molecule has 0 saturated heterocycles. The van der Waals surface area contributed by atoms with E-state index < -0.39 is 0 Å². The van der Waals surface area contributed by atoms with Gasteiger partial charge in [-0.2, -0.15) is 11.8 Å². The molecule has 3 nitrogen and oxygen atoms in total. The number of thioether (sulfide) groups is 1. The van der Waals surface area contributed by atoms with Crippen molar-refractivity contribution in [1.29, 1.82) is 0 Å². The van der Waals surface area contributed by atoms with Gasteiger partial charge < -0.3 is 10.0 Å². The highest BCUT2D eigenvalue weighted by molar-refractivity contribution is 7.98. The molecule has 0 saturated carbocycles. The highest BCUT2D eigenvalue weighted by Crippen LogP contribution is 2.19. The molecule has 1 atom stereocenters. The predicted octanol–water partition coefficient (Wildman–Crippen LogP) is 2.31. The quantitative estimate of drug-likeness (QED) is 0.848. The second kappa shape index (κ2) is 8.26. The summed E-state index contributed by atoms with van der Waals surface area (Å²) >= 11 is 3.16. The van der Waals surface area contributed by atoms with E-state index in [1.54, 1.807) is 22.7 Å². The molecule has 1 amide bonds. The van der Waals surface area contributed by atoms with Crippen molar-refractivity contribution in [3.05, 3.63) is 21.9 Å². The second-order valence-corrected chi connectivity index (χ2v) is 6.24. The first-order valence-electron chi connectivity index (χ1n) is 6.05. The van der Waals surface area contributed by atoms with Crippen molar-refractivity contribution in [2.75, 3.05) is 25.7 Å². The number of hydrogen-bond acceptors (Lipinski definition) is 4. The zero-order valence-electron chi connectivity index (χ0n) is 11.5. The average Bonchev–Trinajstić information content (AvgIpc) is 2.89. The largest absolute Gasteiger partial charge is 0.384 e. The molecule has 1 heterocycles. The summed E-state index contributed by atoms with van der Waals surface area (Å²) in [7, 11) is 1.84. The maximum absolute atomic E-state index is 12.3. The topological polar surface area (TPSA) is 40.5 Å². The third kappa shape index (κ3) is 4.90. The number of aliphatic hydroxyl groups excluding tert-OH is 1. The van der Waals surface area contributed by atoms with Crippen LogP contribution in [-0.4, -0.2) is 47.6 Å². The molecule has 0 aliphatic rings. The molecule has 1 aromatic rings. The van der Waals surface area contributed by atoms with Gasteiger partial charge in [0.25, 0.3) is 5.91 Å². The van der Waals surface area contributed by atoms with Gasteiger partial charge in [0, 0.05) is 13.1 Å². The molecule has 0 aromatic carbocycles. The minimum atomic E-state index is -0.160. The van der Waals surface area contributed by atoms with E-state index in [1.807, 2.05) is 13.1 Å². The van der Waals surface area contributed by atoms with Crippen LogP contribution in [0.3, 0.4) is 0 Å². The van der Waals surface area contributed by atoms with Gasteiger partial charge >= 0.3 is 0 Å². The molecule has 0 fully saturated rings. The molecule has 1 rings (SSSR count). The maximum atomic E-state index is 12.3. The number of thiophene rings is 1. The van der Waals surface area contributed by atoms with Gasteiger partial charge in [-0.1, -0.05) is 11.8 Å². The SMILES string of the molecule is CSCCC(C)N(C)C(=O)c1ccc(C#CCO)s1. The van der Waals surface area contributed by atoms with Crippen molar-refractivity contribution in [3.8, 4) is 11.8 Å². The number of carbonyl (C=O) groups is 1. The minimum absolute atomic E-state index is 0.0376. The van der Waals surface area contributed by atoms with E-state index in [-0.39, 0.29) is 18.6 Å². The molecule has 0 aliphatic heterocycles. The smallest absolute Gasteiger partial charge is 0.263 e. The number of amides is 1. The molecular weight excluding hydrogens is 278 g/mol. The Balaban J connectivity index is 2.68. The van der Waals surface area contributed by atoms with E-state index in [0.717, 1.165) is 17.1 Å². The molecule has 0 spiro atoms. The Kier molecular flexibility index (Phi) is 7.00. The monoisotopic (exact) mass is 297 g/mol. The van der Waals surface area contributed by atoms with Crippen LogP contribution in [-0.2, 0) is 0 Å². The fourth-order valence-electron chi connectivity index (χ4n) is 1.50. The first kappa shape index (κ1) is 16.1. The third-order valence-electron chi connectivity index (χ3n) is 2.83. The number of hydrogen-bond donors (Lipinski definition) is 1. The Hall–Kier alpha value is -0.960. The molecule has 1 aromatic heterocycles. The summed E-state index contributed by atoms with van der Waals surface area (Å²) in [4.78, 5) is 15.6. The van der Waals surface area contributed by atoms with E-state index in [9.17, 15) is 4.79 Å². The molecule has 104 valence electrons. The summed E-state index contributed by atoms with van der Waals surface area (Å²) in [6, 6.07) is 3.85. The van der Waals surface area contributed by atoms with E-state index in [2.05, 4.69) is 25.0 Å². The Morgan fingerprint density at radius 2 is 2.32 bits per heavy atom. The number of aliphatic hydroxyl groups is 1. The zero-order valence-corrected chi connectivity index (χ0v) is 13.1. The Labute approximate surface area is 123 Å². The summed E-state index contributed by atoms with van der Waals surface area (Å²) in [6.07, 6.45) is 3.06. The maximum Gasteiger partial charge on any atom is 0.263 e.